The number of halogens is 1. The lowest BCUT2D eigenvalue weighted by atomic mass is 10.00. The summed E-state index contributed by atoms with van der Waals surface area (Å²) >= 11 is 3.92. The molecule has 1 aromatic carbocycles. The van der Waals surface area contributed by atoms with E-state index in [1.165, 1.54) is 12.1 Å². The summed E-state index contributed by atoms with van der Waals surface area (Å²) in [6.07, 6.45) is -2.48. The smallest absolute Gasteiger partial charge is 0.307 e. The fraction of sp³-hybridized carbons (Fsp3) is 0.417. The molecule has 3 N–H and O–H groups in total. The van der Waals surface area contributed by atoms with E-state index in [1.54, 1.807) is 0 Å². The molecule has 0 aliphatic heterocycles. The van der Waals surface area contributed by atoms with E-state index in [0.29, 0.717) is 11.3 Å². The number of hydrogen-bond donors (Lipinski definition) is 4. The number of carboxylic acid groups (broad SMARTS) is 1. The molecule has 18 heavy (non-hydrogen) atoms. The molecule has 0 saturated heterocycles. The summed E-state index contributed by atoms with van der Waals surface area (Å²) in [4.78, 5) is 10.5. The van der Waals surface area contributed by atoms with E-state index in [0.717, 1.165) is 6.07 Å². The maximum atomic E-state index is 13.7. The molecule has 6 heteroatoms. The Kier molecular flexibility index (Phi) is 5.58. The van der Waals surface area contributed by atoms with E-state index < -0.39 is 24.0 Å². The number of aliphatic hydroxyl groups is 2. The highest BCUT2D eigenvalue weighted by Gasteiger charge is 2.21. The quantitative estimate of drug-likeness (QED) is 0.587. The average molecular weight is 274 g/mol. The van der Waals surface area contributed by atoms with E-state index in [9.17, 15) is 19.4 Å². The Morgan fingerprint density at radius 2 is 2.06 bits per heavy atom. The van der Waals surface area contributed by atoms with Crippen LogP contribution in [-0.4, -0.2) is 33.1 Å². The van der Waals surface area contributed by atoms with Gasteiger partial charge in [0, 0.05) is 5.56 Å². The van der Waals surface area contributed by atoms with Crippen LogP contribution in [0.25, 0.3) is 0 Å². The molecule has 1 aromatic rings. The Balaban J connectivity index is 2.87. The van der Waals surface area contributed by atoms with Crippen LogP contribution in [-0.2, 0) is 11.2 Å². The Morgan fingerprint density at radius 1 is 1.39 bits per heavy atom. The predicted molar refractivity (Wildman–Crippen MR) is 67.2 cm³/mol. The van der Waals surface area contributed by atoms with Crippen LogP contribution in [0.2, 0.25) is 0 Å². The molecular weight excluding hydrogens is 259 g/mol. The van der Waals surface area contributed by atoms with Gasteiger partial charge in [-0.25, -0.2) is 4.39 Å². The molecule has 0 fully saturated rings. The maximum Gasteiger partial charge on any atom is 0.307 e. The third-order valence-corrected chi connectivity index (χ3v) is 2.79. The maximum absolute atomic E-state index is 13.7. The average Bonchev–Trinajstić information content (AvgIpc) is 2.28. The largest absolute Gasteiger partial charge is 0.481 e. The summed E-state index contributed by atoms with van der Waals surface area (Å²) in [6.45, 7) is 0. The van der Waals surface area contributed by atoms with Crippen molar-refractivity contribution in [3.8, 4) is 0 Å². The first kappa shape index (κ1) is 14.9. The van der Waals surface area contributed by atoms with Crippen molar-refractivity contribution in [2.45, 2.75) is 25.0 Å². The van der Waals surface area contributed by atoms with Gasteiger partial charge in [0.05, 0.1) is 12.5 Å². The molecule has 100 valence electrons. The SMILES string of the molecule is O=C(O)Cc1ccc(C(O)C(O)CCS)c(F)c1. The molecule has 2 unspecified atom stereocenters. The lowest BCUT2D eigenvalue weighted by Crippen LogP contribution is -2.20. The van der Waals surface area contributed by atoms with E-state index >= 15 is 0 Å². The number of thiol groups is 1. The number of rotatable bonds is 6. The van der Waals surface area contributed by atoms with Gasteiger partial charge >= 0.3 is 5.97 Å². The summed E-state index contributed by atoms with van der Waals surface area (Å²) in [5, 5.41) is 27.9. The van der Waals surface area contributed by atoms with Crippen LogP contribution in [0.1, 0.15) is 23.7 Å². The van der Waals surface area contributed by atoms with Crippen molar-refractivity contribution < 1.29 is 24.5 Å². The van der Waals surface area contributed by atoms with Gasteiger partial charge in [-0.2, -0.15) is 12.6 Å². The predicted octanol–water partition coefficient (Wildman–Crippen LogP) is 1.17. The van der Waals surface area contributed by atoms with E-state index in [-0.39, 0.29) is 18.4 Å². The summed E-state index contributed by atoms with van der Waals surface area (Å²) < 4.78 is 13.7. The molecule has 0 heterocycles. The molecule has 0 radical (unpaired) electrons. The second kappa shape index (κ2) is 6.72. The van der Waals surface area contributed by atoms with Gasteiger partial charge in [-0.3, -0.25) is 4.79 Å². The lowest BCUT2D eigenvalue weighted by Gasteiger charge is -2.18. The first-order valence-electron chi connectivity index (χ1n) is 5.42. The topological polar surface area (TPSA) is 77.8 Å². The van der Waals surface area contributed by atoms with Gasteiger partial charge in [0.15, 0.2) is 0 Å². The van der Waals surface area contributed by atoms with Crippen molar-refractivity contribution in [2.75, 3.05) is 5.75 Å². The minimum absolute atomic E-state index is 0.0431. The summed E-state index contributed by atoms with van der Waals surface area (Å²) in [5.74, 6) is -1.41. The van der Waals surface area contributed by atoms with Gasteiger partial charge in [0.25, 0.3) is 0 Å². The molecule has 0 aliphatic rings. The number of carboxylic acids is 1. The van der Waals surface area contributed by atoms with Crippen LogP contribution in [0.15, 0.2) is 18.2 Å². The second-order valence-electron chi connectivity index (χ2n) is 3.95. The lowest BCUT2D eigenvalue weighted by molar-refractivity contribution is -0.136. The molecule has 0 aromatic heterocycles. The van der Waals surface area contributed by atoms with Crippen molar-refractivity contribution in [1.82, 2.24) is 0 Å². The third-order valence-electron chi connectivity index (χ3n) is 2.53. The van der Waals surface area contributed by atoms with Gasteiger partial charge in [-0.1, -0.05) is 12.1 Å². The highest BCUT2D eigenvalue weighted by Crippen LogP contribution is 2.23. The van der Waals surface area contributed by atoms with Crippen LogP contribution >= 0.6 is 12.6 Å². The van der Waals surface area contributed by atoms with Gasteiger partial charge in [-0.05, 0) is 23.8 Å². The van der Waals surface area contributed by atoms with Crippen LogP contribution in [0.5, 0.6) is 0 Å². The van der Waals surface area contributed by atoms with Crippen LogP contribution in [0.3, 0.4) is 0 Å². The standard InChI is InChI=1S/C12H15FO4S/c13-9-5-7(6-11(15)16)1-2-8(9)12(17)10(14)3-4-18/h1-2,5,10,12,14,17-18H,3-4,6H2,(H,15,16). The van der Waals surface area contributed by atoms with Gasteiger partial charge in [0.1, 0.15) is 11.9 Å². The number of aliphatic hydroxyl groups excluding tert-OH is 2. The van der Waals surface area contributed by atoms with Gasteiger partial charge < -0.3 is 15.3 Å². The Morgan fingerprint density at radius 3 is 2.56 bits per heavy atom. The zero-order valence-corrected chi connectivity index (χ0v) is 10.5. The van der Waals surface area contributed by atoms with E-state index in [4.69, 9.17) is 5.11 Å². The zero-order valence-electron chi connectivity index (χ0n) is 9.58. The number of benzene rings is 1. The number of aliphatic carboxylic acids is 1. The minimum Gasteiger partial charge on any atom is -0.481 e. The highest BCUT2D eigenvalue weighted by atomic mass is 32.1. The first-order chi connectivity index (χ1) is 8.45. The third kappa shape index (κ3) is 3.97. The van der Waals surface area contributed by atoms with E-state index in [2.05, 4.69) is 12.6 Å². The van der Waals surface area contributed by atoms with Crippen LogP contribution < -0.4 is 0 Å². The summed E-state index contributed by atoms with van der Waals surface area (Å²) in [7, 11) is 0. The van der Waals surface area contributed by atoms with Crippen LogP contribution in [0.4, 0.5) is 4.39 Å². The summed E-state index contributed by atoms with van der Waals surface area (Å²) in [6, 6.07) is 3.77. The van der Waals surface area contributed by atoms with Crippen molar-refractivity contribution in [2.24, 2.45) is 0 Å². The van der Waals surface area contributed by atoms with Crippen molar-refractivity contribution in [3.05, 3.63) is 35.1 Å². The van der Waals surface area contributed by atoms with Crippen molar-refractivity contribution in [1.29, 1.82) is 0 Å². The molecule has 0 aliphatic carbocycles. The molecule has 0 amide bonds. The Hall–Kier alpha value is -1.11. The number of hydrogen-bond acceptors (Lipinski definition) is 4. The molecule has 4 nitrogen and oxygen atoms in total. The molecular formula is C12H15FO4S. The fourth-order valence-corrected chi connectivity index (χ4v) is 1.86. The van der Waals surface area contributed by atoms with Gasteiger partial charge in [-0.15, -0.1) is 0 Å². The fourth-order valence-electron chi connectivity index (χ4n) is 1.59. The minimum atomic E-state index is -1.34. The highest BCUT2D eigenvalue weighted by molar-refractivity contribution is 7.80. The van der Waals surface area contributed by atoms with Gasteiger partial charge in [0.2, 0.25) is 0 Å². The Bertz CT molecular complexity index is 425. The molecule has 0 spiro atoms. The van der Waals surface area contributed by atoms with Crippen LogP contribution in [0, 0.1) is 5.82 Å². The molecule has 0 bridgehead atoms. The molecule has 2 atom stereocenters. The summed E-state index contributed by atoms with van der Waals surface area (Å²) in [5.41, 5.74) is 0.262. The second-order valence-corrected chi connectivity index (χ2v) is 4.40. The normalized spacial score (nSPS) is 14.2. The zero-order chi connectivity index (χ0) is 13.7. The first-order valence-corrected chi connectivity index (χ1v) is 6.06. The molecule has 0 saturated carbocycles. The van der Waals surface area contributed by atoms with Crippen molar-refractivity contribution in [3.63, 3.8) is 0 Å². The van der Waals surface area contributed by atoms with E-state index in [1.807, 2.05) is 0 Å². The Labute approximate surface area is 109 Å². The van der Waals surface area contributed by atoms with Crippen molar-refractivity contribution >= 4 is 18.6 Å². The number of carbonyl (C=O) groups is 1. The molecule has 1 rings (SSSR count). The monoisotopic (exact) mass is 274 g/mol.